The number of rotatable bonds is 6. The van der Waals surface area contributed by atoms with Gasteiger partial charge in [0.15, 0.2) is 0 Å². The Hall–Kier alpha value is -1.52. The Kier molecular flexibility index (Phi) is 5.24. The molecule has 5 nitrogen and oxygen atoms in total. The van der Waals surface area contributed by atoms with Crippen molar-refractivity contribution in [2.24, 2.45) is 5.92 Å². The molecule has 4 N–H and O–H groups in total. The van der Waals surface area contributed by atoms with Gasteiger partial charge in [-0.15, -0.1) is 0 Å². The number of nitrogens with one attached hydrogen (secondary N) is 2. The molecule has 0 aliphatic heterocycles. The lowest BCUT2D eigenvalue weighted by Gasteiger charge is -2.21. The first kappa shape index (κ1) is 13.9. The molecule has 1 saturated carbocycles. The van der Waals surface area contributed by atoms with Crippen molar-refractivity contribution in [1.82, 2.24) is 9.97 Å². The van der Waals surface area contributed by atoms with Gasteiger partial charge in [0.05, 0.1) is 0 Å². The molecule has 0 bridgehead atoms. The van der Waals surface area contributed by atoms with E-state index in [4.69, 9.17) is 5.73 Å². The molecule has 2 rings (SSSR count). The molecule has 1 aromatic rings. The quantitative estimate of drug-likeness (QED) is 0.735. The fourth-order valence-corrected chi connectivity index (χ4v) is 2.71. The Bertz CT molecular complexity index is 387. The normalized spacial score (nSPS) is 16.3. The van der Waals surface area contributed by atoms with E-state index < -0.39 is 0 Å². The summed E-state index contributed by atoms with van der Waals surface area (Å²) in [6, 6.07) is 1.92. The highest BCUT2D eigenvalue weighted by atomic mass is 15.1. The van der Waals surface area contributed by atoms with Gasteiger partial charge < -0.3 is 16.4 Å². The zero-order valence-corrected chi connectivity index (χ0v) is 11.8. The molecule has 1 aliphatic rings. The third kappa shape index (κ3) is 4.58. The number of nitrogens with two attached hydrogens (primary N) is 1. The highest BCUT2D eigenvalue weighted by Gasteiger charge is 2.12. The molecular weight excluding hydrogens is 238 g/mol. The molecule has 0 aromatic carbocycles. The summed E-state index contributed by atoms with van der Waals surface area (Å²) in [5.41, 5.74) is 5.70. The van der Waals surface area contributed by atoms with Gasteiger partial charge in [-0.05, 0) is 19.3 Å². The minimum atomic E-state index is 0.318. The van der Waals surface area contributed by atoms with Gasteiger partial charge in [0.25, 0.3) is 0 Å². The number of hydrogen-bond donors (Lipinski definition) is 3. The summed E-state index contributed by atoms with van der Waals surface area (Å²) in [4.78, 5) is 8.35. The van der Waals surface area contributed by atoms with Crippen LogP contribution in [0.25, 0.3) is 0 Å². The maximum Gasteiger partial charge on any atom is 0.223 e. The van der Waals surface area contributed by atoms with Crippen molar-refractivity contribution in [3.05, 3.63) is 6.07 Å². The van der Waals surface area contributed by atoms with Crippen LogP contribution in [0.5, 0.6) is 0 Å². The van der Waals surface area contributed by atoms with E-state index in [0.29, 0.717) is 5.95 Å². The molecule has 0 spiro atoms. The molecule has 0 radical (unpaired) electrons. The minimum Gasteiger partial charge on any atom is -0.370 e. The lowest BCUT2D eigenvalue weighted by Crippen LogP contribution is -2.13. The van der Waals surface area contributed by atoms with E-state index >= 15 is 0 Å². The van der Waals surface area contributed by atoms with E-state index in [1.807, 2.05) is 13.0 Å². The predicted octanol–water partition coefficient (Wildman–Crippen LogP) is 2.87. The van der Waals surface area contributed by atoms with E-state index in [-0.39, 0.29) is 0 Å². The summed E-state index contributed by atoms with van der Waals surface area (Å²) in [5, 5.41) is 6.52. The van der Waals surface area contributed by atoms with E-state index in [9.17, 15) is 0 Å². The first-order valence-electron chi connectivity index (χ1n) is 7.40. The van der Waals surface area contributed by atoms with Crippen LogP contribution in [0.15, 0.2) is 6.07 Å². The van der Waals surface area contributed by atoms with Crippen molar-refractivity contribution in [2.75, 3.05) is 29.5 Å². The van der Waals surface area contributed by atoms with Crippen LogP contribution in [0.4, 0.5) is 17.6 Å². The van der Waals surface area contributed by atoms with E-state index in [1.54, 1.807) is 0 Å². The zero-order chi connectivity index (χ0) is 13.5. The molecule has 1 heterocycles. The second-order valence-corrected chi connectivity index (χ2v) is 5.25. The third-order valence-electron chi connectivity index (χ3n) is 3.68. The average molecular weight is 263 g/mol. The smallest absolute Gasteiger partial charge is 0.223 e. The Morgan fingerprint density at radius 2 is 1.84 bits per heavy atom. The SMILES string of the molecule is CCNc1cc(NCCC2CCCCC2)nc(N)n1. The summed E-state index contributed by atoms with van der Waals surface area (Å²) in [5.74, 6) is 2.81. The Morgan fingerprint density at radius 1 is 1.16 bits per heavy atom. The second kappa shape index (κ2) is 7.16. The Labute approximate surface area is 115 Å². The number of nitrogen functional groups attached to an aromatic ring is 1. The Morgan fingerprint density at radius 3 is 2.53 bits per heavy atom. The number of anilines is 3. The van der Waals surface area contributed by atoms with Crippen molar-refractivity contribution in [2.45, 2.75) is 45.4 Å². The van der Waals surface area contributed by atoms with Gasteiger partial charge in [0.2, 0.25) is 5.95 Å². The fraction of sp³-hybridized carbons (Fsp3) is 0.714. The molecule has 0 atom stereocenters. The molecule has 0 saturated heterocycles. The van der Waals surface area contributed by atoms with Crippen molar-refractivity contribution in [3.8, 4) is 0 Å². The summed E-state index contributed by atoms with van der Waals surface area (Å²) >= 11 is 0. The minimum absolute atomic E-state index is 0.318. The average Bonchev–Trinajstić information content (AvgIpc) is 2.40. The van der Waals surface area contributed by atoms with Crippen LogP contribution in [0, 0.1) is 5.92 Å². The highest BCUT2D eigenvalue weighted by Crippen LogP contribution is 2.26. The largest absolute Gasteiger partial charge is 0.370 e. The van der Waals surface area contributed by atoms with E-state index in [1.165, 1.54) is 38.5 Å². The highest BCUT2D eigenvalue weighted by molar-refractivity contribution is 5.50. The third-order valence-corrected chi connectivity index (χ3v) is 3.68. The monoisotopic (exact) mass is 263 g/mol. The zero-order valence-electron chi connectivity index (χ0n) is 11.8. The molecule has 19 heavy (non-hydrogen) atoms. The summed E-state index contributed by atoms with van der Waals surface area (Å²) in [6.45, 7) is 3.83. The standard InChI is InChI=1S/C14H25N5/c1-2-16-12-10-13(19-14(15)18-12)17-9-8-11-6-4-3-5-7-11/h10-11H,2-9H2,1H3,(H4,15,16,17,18,19). The molecule has 5 heteroatoms. The van der Waals surface area contributed by atoms with Gasteiger partial charge >= 0.3 is 0 Å². The summed E-state index contributed by atoms with van der Waals surface area (Å²) in [7, 11) is 0. The van der Waals surface area contributed by atoms with Crippen molar-refractivity contribution in [1.29, 1.82) is 0 Å². The van der Waals surface area contributed by atoms with Crippen LogP contribution in [0.2, 0.25) is 0 Å². The summed E-state index contributed by atoms with van der Waals surface area (Å²) < 4.78 is 0. The molecule has 0 unspecified atom stereocenters. The first-order chi connectivity index (χ1) is 9.28. The van der Waals surface area contributed by atoms with Gasteiger partial charge in [0, 0.05) is 19.2 Å². The van der Waals surface area contributed by atoms with Crippen LogP contribution >= 0.6 is 0 Å². The topological polar surface area (TPSA) is 75.9 Å². The van der Waals surface area contributed by atoms with Crippen LogP contribution in [-0.2, 0) is 0 Å². The molecule has 1 fully saturated rings. The van der Waals surface area contributed by atoms with Crippen LogP contribution in [0.3, 0.4) is 0 Å². The van der Waals surface area contributed by atoms with Gasteiger partial charge in [-0.1, -0.05) is 32.1 Å². The van der Waals surface area contributed by atoms with Crippen molar-refractivity contribution >= 4 is 17.6 Å². The number of aromatic nitrogens is 2. The van der Waals surface area contributed by atoms with E-state index in [0.717, 1.165) is 30.6 Å². The lowest BCUT2D eigenvalue weighted by molar-refractivity contribution is 0.345. The maximum atomic E-state index is 5.70. The molecule has 106 valence electrons. The van der Waals surface area contributed by atoms with E-state index in [2.05, 4.69) is 20.6 Å². The second-order valence-electron chi connectivity index (χ2n) is 5.25. The molecule has 1 aliphatic carbocycles. The maximum absolute atomic E-state index is 5.70. The number of hydrogen-bond acceptors (Lipinski definition) is 5. The number of nitrogens with zero attached hydrogens (tertiary/aromatic N) is 2. The lowest BCUT2D eigenvalue weighted by atomic mass is 9.87. The van der Waals surface area contributed by atoms with Crippen LogP contribution < -0.4 is 16.4 Å². The summed E-state index contributed by atoms with van der Waals surface area (Å²) in [6.07, 6.45) is 8.21. The molecule has 0 amide bonds. The molecular formula is C14H25N5. The van der Waals surface area contributed by atoms with Crippen LogP contribution in [0.1, 0.15) is 45.4 Å². The van der Waals surface area contributed by atoms with Gasteiger partial charge in [-0.2, -0.15) is 9.97 Å². The molecule has 1 aromatic heterocycles. The van der Waals surface area contributed by atoms with Crippen molar-refractivity contribution in [3.63, 3.8) is 0 Å². The van der Waals surface area contributed by atoms with Gasteiger partial charge in [0.1, 0.15) is 11.6 Å². The fourth-order valence-electron chi connectivity index (χ4n) is 2.71. The Balaban J connectivity index is 1.81. The first-order valence-corrected chi connectivity index (χ1v) is 7.40. The van der Waals surface area contributed by atoms with Gasteiger partial charge in [-0.3, -0.25) is 0 Å². The van der Waals surface area contributed by atoms with Crippen molar-refractivity contribution < 1.29 is 0 Å². The van der Waals surface area contributed by atoms with Crippen LogP contribution in [-0.4, -0.2) is 23.1 Å². The van der Waals surface area contributed by atoms with Gasteiger partial charge in [-0.25, -0.2) is 0 Å². The predicted molar refractivity (Wildman–Crippen MR) is 80.3 cm³/mol.